The minimum Gasteiger partial charge on any atom is -0.494 e. The summed E-state index contributed by atoms with van der Waals surface area (Å²) in [5.41, 5.74) is 4.48. The molecule has 1 spiro atoms. The minimum absolute atomic E-state index is 0.213. The lowest BCUT2D eigenvalue weighted by atomic mass is 9.94. The maximum absolute atomic E-state index is 10.0. The number of hydrogen-bond acceptors (Lipinski definition) is 6. The number of nitriles is 2. The molecule has 4 rings (SSSR count). The molecule has 1 saturated carbocycles. The molecule has 24 heavy (non-hydrogen) atoms. The number of amidine groups is 1. The molecule has 2 heterocycles. The van der Waals surface area contributed by atoms with Gasteiger partial charge in [-0.2, -0.15) is 10.5 Å². The van der Waals surface area contributed by atoms with E-state index in [-0.39, 0.29) is 5.84 Å². The summed E-state index contributed by atoms with van der Waals surface area (Å²) in [6.07, 6.45) is 0. The topological polar surface area (TPSA) is 115 Å². The van der Waals surface area contributed by atoms with Crippen molar-refractivity contribution in [3.05, 3.63) is 29.8 Å². The van der Waals surface area contributed by atoms with Crippen LogP contribution in [0.1, 0.15) is 18.4 Å². The normalized spacial score (nSPS) is 35.0. The Bertz CT molecular complexity index is 818. The quantitative estimate of drug-likeness (QED) is 0.763. The van der Waals surface area contributed by atoms with E-state index < -0.39 is 22.7 Å². The van der Waals surface area contributed by atoms with Gasteiger partial charge in [0.2, 0.25) is 0 Å². The van der Waals surface area contributed by atoms with Gasteiger partial charge in [-0.3, -0.25) is 5.73 Å². The van der Waals surface area contributed by atoms with E-state index in [0.717, 1.165) is 5.56 Å². The van der Waals surface area contributed by atoms with Crippen LogP contribution in [0, 0.1) is 33.5 Å². The first kappa shape index (κ1) is 14.9. The van der Waals surface area contributed by atoms with Crippen molar-refractivity contribution in [2.24, 2.45) is 16.6 Å². The van der Waals surface area contributed by atoms with Gasteiger partial charge in [0.25, 0.3) is 5.84 Å². The Hall–Kier alpha value is -2.61. The summed E-state index contributed by atoms with van der Waals surface area (Å²) in [5.74, 6) is -1.01. The Labute approximate surface area is 139 Å². The molecule has 1 saturated heterocycles. The highest BCUT2D eigenvalue weighted by Gasteiger charge is 2.97. The van der Waals surface area contributed by atoms with E-state index in [1.807, 2.05) is 31.2 Å². The van der Waals surface area contributed by atoms with Gasteiger partial charge >= 0.3 is 5.91 Å². The fraction of sp³-hybridized carbons (Fsp3) is 0.471. The van der Waals surface area contributed by atoms with Crippen molar-refractivity contribution in [3.8, 4) is 17.9 Å². The van der Waals surface area contributed by atoms with Gasteiger partial charge in [-0.05, 0) is 13.0 Å². The lowest BCUT2D eigenvalue weighted by Crippen LogP contribution is -2.89. The first-order valence-corrected chi connectivity index (χ1v) is 7.86. The third-order valence-corrected chi connectivity index (χ3v) is 5.22. The second-order valence-electron chi connectivity index (χ2n) is 6.10. The number of nitrogens with two attached hydrogens (primary N) is 1. The van der Waals surface area contributed by atoms with Crippen molar-refractivity contribution >= 4 is 5.84 Å². The van der Waals surface area contributed by atoms with E-state index in [1.165, 1.54) is 0 Å². The molecule has 0 bridgehead atoms. The maximum Gasteiger partial charge on any atom is 0.343 e. The van der Waals surface area contributed by atoms with Gasteiger partial charge in [0.05, 0.1) is 37.9 Å². The molecule has 2 aliphatic heterocycles. The molecule has 0 amide bonds. The summed E-state index contributed by atoms with van der Waals surface area (Å²) in [4.78, 5) is 2.93. The average Bonchev–Trinajstić information content (AvgIpc) is 2.83. The first-order chi connectivity index (χ1) is 11.6. The molecular formula is C17H17N4O3+. The molecule has 1 aromatic carbocycles. The Morgan fingerprint density at radius 1 is 1.29 bits per heavy atom. The number of ether oxygens (including phenoxy) is 3. The molecule has 1 aromatic rings. The molecule has 1 aliphatic carbocycles. The van der Waals surface area contributed by atoms with E-state index in [4.69, 9.17) is 19.9 Å². The second-order valence-corrected chi connectivity index (χ2v) is 6.10. The summed E-state index contributed by atoms with van der Waals surface area (Å²) in [6, 6.07) is 12.0. The van der Waals surface area contributed by atoms with Crippen LogP contribution in [0.5, 0.6) is 5.75 Å². The molecule has 3 N–H and O–H groups in total. The summed E-state index contributed by atoms with van der Waals surface area (Å²) in [7, 11) is 0. The first-order valence-electron chi connectivity index (χ1n) is 7.86. The molecule has 3 atom stereocenters. The number of fused-ring (bicyclic) bond motifs is 2. The lowest BCUT2D eigenvalue weighted by molar-refractivity contribution is -0.676. The van der Waals surface area contributed by atoms with Crippen molar-refractivity contribution in [1.82, 2.24) is 0 Å². The molecule has 0 radical (unpaired) electrons. The van der Waals surface area contributed by atoms with Crippen molar-refractivity contribution in [1.29, 1.82) is 10.5 Å². The highest BCUT2D eigenvalue weighted by Crippen LogP contribution is 2.79. The molecule has 3 aliphatic rings. The van der Waals surface area contributed by atoms with Crippen LogP contribution in [0.2, 0.25) is 0 Å². The fourth-order valence-electron chi connectivity index (χ4n) is 4.29. The Balaban J connectivity index is 1.92. The van der Waals surface area contributed by atoms with E-state index >= 15 is 0 Å². The third kappa shape index (κ3) is 1.36. The van der Waals surface area contributed by atoms with Crippen LogP contribution in [-0.2, 0) is 9.47 Å². The predicted molar refractivity (Wildman–Crippen MR) is 81.2 cm³/mol. The Morgan fingerprint density at radius 3 is 2.62 bits per heavy atom. The average molecular weight is 325 g/mol. The molecule has 7 nitrogen and oxygen atoms in total. The zero-order valence-corrected chi connectivity index (χ0v) is 13.2. The van der Waals surface area contributed by atoms with Gasteiger partial charge in [0.15, 0.2) is 10.8 Å². The second kappa shape index (κ2) is 4.70. The van der Waals surface area contributed by atoms with Crippen LogP contribution in [0.3, 0.4) is 0 Å². The van der Waals surface area contributed by atoms with Gasteiger partial charge in [0, 0.05) is 5.56 Å². The van der Waals surface area contributed by atoms with Crippen LogP contribution >= 0.6 is 0 Å². The molecule has 0 unspecified atom stereocenters. The zero-order valence-electron chi connectivity index (χ0n) is 13.2. The van der Waals surface area contributed by atoms with Crippen molar-refractivity contribution in [3.63, 3.8) is 0 Å². The van der Waals surface area contributed by atoms with Crippen LogP contribution in [0.4, 0.5) is 0 Å². The van der Waals surface area contributed by atoms with Crippen LogP contribution < -0.4 is 15.5 Å². The van der Waals surface area contributed by atoms with Gasteiger partial charge in [-0.15, -0.1) is 0 Å². The molecule has 0 aromatic heterocycles. The number of rotatable bonds is 3. The standard InChI is InChI=1S/C17H16N4O3/c1-2-22-12-6-4-3-5-11(12)13-15(9-18)14(20)21-17(16(13,15)10-19)23-7-8-24-17/h3-6,13H,2,7-8H2,1H3,(H2,20,21)/p+1/t13-,15+,16+/m0/s1. The number of hydrogen-bond donors (Lipinski definition) is 2. The summed E-state index contributed by atoms with van der Waals surface area (Å²) < 4.78 is 17.2. The van der Waals surface area contributed by atoms with Crippen molar-refractivity contribution in [2.75, 3.05) is 19.8 Å². The van der Waals surface area contributed by atoms with Crippen LogP contribution in [0.25, 0.3) is 0 Å². The smallest absolute Gasteiger partial charge is 0.343 e. The van der Waals surface area contributed by atoms with Crippen molar-refractivity contribution < 1.29 is 19.2 Å². The van der Waals surface area contributed by atoms with Crippen LogP contribution in [-0.4, -0.2) is 31.6 Å². The molecular weight excluding hydrogens is 308 g/mol. The van der Waals surface area contributed by atoms with Gasteiger partial charge in [-0.1, -0.05) is 18.2 Å². The zero-order chi connectivity index (χ0) is 17.0. The monoisotopic (exact) mass is 325 g/mol. The maximum atomic E-state index is 10.0. The van der Waals surface area contributed by atoms with Gasteiger partial charge in [0.1, 0.15) is 5.75 Å². The number of para-hydroxylation sites is 1. The Morgan fingerprint density at radius 2 is 2.00 bits per heavy atom. The number of nitrogens with one attached hydrogen (secondary N) is 1. The van der Waals surface area contributed by atoms with E-state index in [1.54, 1.807) is 0 Å². The summed E-state index contributed by atoms with van der Waals surface area (Å²) in [6.45, 7) is 3.05. The third-order valence-electron chi connectivity index (χ3n) is 5.22. The van der Waals surface area contributed by atoms with Gasteiger partial charge in [-0.25, -0.2) is 4.99 Å². The molecule has 7 heteroatoms. The fourth-order valence-corrected chi connectivity index (χ4v) is 4.29. The van der Waals surface area contributed by atoms with E-state index in [2.05, 4.69) is 17.1 Å². The number of benzene rings is 1. The van der Waals surface area contributed by atoms with Crippen molar-refractivity contribution in [2.45, 2.75) is 18.8 Å². The lowest BCUT2D eigenvalue weighted by Gasteiger charge is -2.23. The predicted octanol–water partition coefficient (Wildman–Crippen LogP) is -0.646. The van der Waals surface area contributed by atoms with Crippen LogP contribution in [0.15, 0.2) is 24.3 Å². The Kier molecular flexibility index (Phi) is 2.93. The molecule has 122 valence electrons. The summed E-state index contributed by atoms with van der Waals surface area (Å²) in [5, 5.41) is 20.0. The largest absolute Gasteiger partial charge is 0.494 e. The van der Waals surface area contributed by atoms with E-state index in [0.29, 0.717) is 25.6 Å². The highest BCUT2D eigenvalue weighted by atomic mass is 16.8. The molecule has 2 fully saturated rings. The SMILES string of the molecule is CCOc1ccccc1[C@H]1[C@]2(C#N)C(N)=[NH+]C3(OCCO3)[C@]12C#N. The van der Waals surface area contributed by atoms with E-state index in [9.17, 15) is 10.5 Å². The summed E-state index contributed by atoms with van der Waals surface area (Å²) >= 11 is 0. The number of nitrogens with zero attached hydrogens (tertiary/aromatic N) is 2. The highest BCUT2D eigenvalue weighted by molar-refractivity contribution is 5.95. The minimum atomic E-state index is -1.38. The van der Waals surface area contributed by atoms with Gasteiger partial charge < -0.3 is 14.2 Å².